The van der Waals surface area contributed by atoms with Crippen molar-refractivity contribution in [3.8, 4) is 0 Å². The van der Waals surface area contributed by atoms with Gasteiger partial charge in [-0.3, -0.25) is 9.59 Å². The van der Waals surface area contributed by atoms with E-state index in [1.165, 1.54) is 0 Å². The Balaban J connectivity index is 1.37. The number of thiazole rings is 1. The van der Waals surface area contributed by atoms with E-state index >= 15 is 0 Å². The molecule has 29 heavy (non-hydrogen) atoms. The molecule has 3 aromatic carbocycles. The third-order valence-electron chi connectivity index (χ3n) is 5.33. The number of aryl methyl sites for hydroxylation is 1. The Morgan fingerprint density at radius 3 is 2.86 bits per heavy atom. The van der Waals surface area contributed by atoms with Crippen LogP contribution in [0.25, 0.3) is 21.0 Å². The quantitative estimate of drug-likeness (QED) is 0.539. The maximum atomic E-state index is 12.9. The van der Waals surface area contributed by atoms with Crippen LogP contribution in [-0.2, 0) is 9.59 Å². The molecule has 0 bridgehead atoms. The van der Waals surface area contributed by atoms with Crippen molar-refractivity contribution in [2.75, 3.05) is 16.8 Å². The van der Waals surface area contributed by atoms with E-state index < -0.39 is 0 Å². The number of nitrogens with one attached hydrogen (secondary N) is 1. The highest BCUT2D eigenvalue weighted by molar-refractivity contribution is 7.18. The molecule has 1 fully saturated rings. The van der Waals surface area contributed by atoms with E-state index in [0.29, 0.717) is 6.54 Å². The van der Waals surface area contributed by atoms with E-state index in [2.05, 4.69) is 10.3 Å². The van der Waals surface area contributed by atoms with Crippen molar-refractivity contribution >= 4 is 55.5 Å². The van der Waals surface area contributed by atoms with Crippen molar-refractivity contribution in [1.82, 2.24) is 4.98 Å². The van der Waals surface area contributed by atoms with Gasteiger partial charge in [0, 0.05) is 29.7 Å². The van der Waals surface area contributed by atoms with Gasteiger partial charge in [0.25, 0.3) is 0 Å². The molecule has 4 aromatic rings. The van der Waals surface area contributed by atoms with Gasteiger partial charge in [-0.25, -0.2) is 4.98 Å². The molecule has 0 saturated carbocycles. The average molecular weight is 401 g/mol. The first-order valence-electron chi connectivity index (χ1n) is 9.55. The molecule has 1 aliphatic rings. The summed E-state index contributed by atoms with van der Waals surface area (Å²) in [6.45, 7) is 2.35. The average Bonchev–Trinajstić information content (AvgIpc) is 3.29. The number of amides is 2. The fourth-order valence-corrected chi connectivity index (χ4v) is 4.71. The largest absolute Gasteiger partial charge is 0.325 e. The first kappa shape index (κ1) is 17.8. The van der Waals surface area contributed by atoms with Crippen LogP contribution in [0.3, 0.4) is 0 Å². The number of nitrogens with zero attached hydrogens (tertiary/aromatic N) is 2. The first-order valence-corrected chi connectivity index (χ1v) is 10.4. The standard InChI is InChI=1S/C23H19N3O2S/c1-14-24-20-12-17(9-10-21(20)29-14)26-13-16(11-22(26)27)23(28)25-19-8-4-6-15-5-2-3-7-18(15)19/h2-10,12,16H,11,13H2,1H3,(H,25,28). The fourth-order valence-electron chi connectivity index (χ4n) is 3.90. The summed E-state index contributed by atoms with van der Waals surface area (Å²) in [5.74, 6) is -0.536. The number of aromatic nitrogens is 1. The molecular weight excluding hydrogens is 382 g/mol. The molecule has 5 rings (SSSR count). The lowest BCUT2D eigenvalue weighted by molar-refractivity contribution is -0.122. The number of fused-ring (bicyclic) bond motifs is 2. The van der Waals surface area contributed by atoms with Crippen LogP contribution in [0.15, 0.2) is 60.7 Å². The van der Waals surface area contributed by atoms with Crippen LogP contribution in [-0.4, -0.2) is 23.3 Å². The lowest BCUT2D eigenvalue weighted by Crippen LogP contribution is -2.28. The normalized spacial score (nSPS) is 16.7. The van der Waals surface area contributed by atoms with E-state index in [1.807, 2.05) is 67.6 Å². The Kier molecular flexibility index (Phi) is 4.28. The Hall–Kier alpha value is -3.25. The predicted molar refractivity (Wildman–Crippen MR) is 117 cm³/mol. The van der Waals surface area contributed by atoms with E-state index in [9.17, 15) is 9.59 Å². The lowest BCUT2D eigenvalue weighted by Gasteiger charge is -2.17. The minimum Gasteiger partial charge on any atom is -0.325 e. The predicted octanol–water partition coefficient (Wildman–Crippen LogP) is 4.75. The van der Waals surface area contributed by atoms with Gasteiger partial charge in [0.15, 0.2) is 0 Å². The highest BCUT2D eigenvalue weighted by Gasteiger charge is 2.35. The van der Waals surface area contributed by atoms with E-state index in [4.69, 9.17) is 0 Å². The van der Waals surface area contributed by atoms with Gasteiger partial charge in [-0.2, -0.15) is 0 Å². The zero-order chi connectivity index (χ0) is 20.0. The second-order valence-electron chi connectivity index (χ2n) is 7.31. The zero-order valence-corrected chi connectivity index (χ0v) is 16.7. The Morgan fingerprint density at radius 1 is 1.14 bits per heavy atom. The van der Waals surface area contributed by atoms with Crippen LogP contribution in [0.5, 0.6) is 0 Å². The molecule has 5 nitrogen and oxygen atoms in total. The minimum atomic E-state index is -0.380. The van der Waals surface area contributed by atoms with E-state index in [0.717, 1.165) is 37.4 Å². The summed E-state index contributed by atoms with van der Waals surface area (Å²) in [6, 6.07) is 19.6. The Bertz CT molecular complexity index is 1260. The summed E-state index contributed by atoms with van der Waals surface area (Å²) in [7, 11) is 0. The molecule has 0 aliphatic carbocycles. The molecule has 2 heterocycles. The number of benzene rings is 3. The minimum absolute atomic E-state index is 0.0330. The van der Waals surface area contributed by atoms with Gasteiger partial charge in [-0.05, 0) is 36.6 Å². The summed E-state index contributed by atoms with van der Waals surface area (Å²) < 4.78 is 1.10. The summed E-state index contributed by atoms with van der Waals surface area (Å²) >= 11 is 1.63. The number of rotatable bonds is 3. The maximum Gasteiger partial charge on any atom is 0.229 e. The van der Waals surface area contributed by atoms with Crippen LogP contribution < -0.4 is 10.2 Å². The molecule has 144 valence electrons. The summed E-state index contributed by atoms with van der Waals surface area (Å²) in [5.41, 5.74) is 2.47. The van der Waals surface area contributed by atoms with E-state index in [-0.39, 0.29) is 24.2 Å². The highest BCUT2D eigenvalue weighted by atomic mass is 32.1. The molecule has 0 radical (unpaired) electrons. The van der Waals surface area contributed by atoms with Gasteiger partial charge in [0.1, 0.15) is 0 Å². The molecule has 1 aliphatic heterocycles. The van der Waals surface area contributed by atoms with Crippen LogP contribution in [0.2, 0.25) is 0 Å². The van der Waals surface area contributed by atoms with Crippen LogP contribution in [0.1, 0.15) is 11.4 Å². The van der Waals surface area contributed by atoms with Crippen molar-refractivity contribution in [3.63, 3.8) is 0 Å². The SMILES string of the molecule is Cc1nc2cc(N3CC(C(=O)Nc4cccc5ccccc45)CC3=O)ccc2s1. The third-order valence-corrected chi connectivity index (χ3v) is 6.28. The zero-order valence-electron chi connectivity index (χ0n) is 15.9. The maximum absolute atomic E-state index is 12.9. The number of anilines is 2. The summed E-state index contributed by atoms with van der Waals surface area (Å²) in [6.07, 6.45) is 0.213. The Labute approximate surface area is 172 Å². The molecule has 1 atom stereocenters. The monoisotopic (exact) mass is 401 g/mol. The lowest BCUT2D eigenvalue weighted by atomic mass is 10.1. The van der Waals surface area contributed by atoms with Crippen LogP contribution in [0, 0.1) is 12.8 Å². The van der Waals surface area contributed by atoms with Gasteiger partial charge >= 0.3 is 0 Å². The first-order chi connectivity index (χ1) is 14.1. The van der Waals surface area contributed by atoms with Crippen molar-refractivity contribution in [3.05, 3.63) is 65.7 Å². The molecule has 1 saturated heterocycles. The molecule has 1 aromatic heterocycles. The molecular formula is C23H19N3O2S. The van der Waals surface area contributed by atoms with Gasteiger partial charge in [0.05, 0.1) is 21.1 Å². The Morgan fingerprint density at radius 2 is 1.97 bits per heavy atom. The second kappa shape index (κ2) is 6.97. The topological polar surface area (TPSA) is 62.3 Å². The summed E-state index contributed by atoms with van der Waals surface area (Å²) in [5, 5.41) is 6.09. The van der Waals surface area contributed by atoms with Crippen LogP contribution >= 0.6 is 11.3 Å². The van der Waals surface area contributed by atoms with Crippen molar-refractivity contribution in [1.29, 1.82) is 0 Å². The smallest absolute Gasteiger partial charge is 0.229 e. The molecule has 1 N–H and O–H groups in total. The van der Waals surface area contributed by atoms with Crippen molar-refractivity contribution in [2.45, 2.75) is 13.3 Å². The highest BCUT2D eigenvalue weighted by Crippen LogP contribution is 2.31. The summed E-state index contributed by atoms with van der Waals surface area (Å²) in [4.78, 5) is 31.7. The van der Waals surface area contributed by atoms with Crippen molar-refractivity contribution < 1.29 is 9.59 Å². The van der Waals surface area contributed by atoms with Gasteiger partial charge in [-0.1, -0.05) is 36.4 Å². The number of hydrogen-bond donors (Lipinski definition) is 1. The molecule has 2 amide bonds. The number of carbonyl (C=O) groups excluding carboxylic acids is 2. The van der Waals surface area contributed by atoms with Crippen LogP contribution in [0.4, 0.5) is 11.4 Å². The number of carbonyl (C=O) groups is 2. The van der Waals surface area contributed by atoms with Crippen molar-refractivity contribution in [2.24, 2.45) is 5.92 Å². The molecule has 6 heteroatoms. The third kappa shape index (κ3) is 3.25. The number of hydrogen-bond acceptors (Lipinski definition) is 4. The molecule has 1 unspecified atom stereocenters. The second-order valence-corrected chi connectivity index (χ2v) is 8.54. The van der Waals surface area contributed by atoms with Gasteiger partial charge in [-0.15, -0.1) is 11.3 Å². The van der Waals surface area contributed by atoms with Gasteiger partial charge < -0.3 is 10.2 Å². The molecule has 0 spiro atoms. The van der Waals surface area contributed by atoms with E-state index in [1.54, 1.807) is 16.2 Å². The fraction of sp³-hybridized carbons (Fsp3) is 0.174. The van der Waals surface area contributed by atoms with Gasteiger partial charge in [0.2, 0.25) is 11.8 Å².